The van der Waals surface area contributed by atoms with Gasteiger partial charge in [-0.2, -0.15) is 0 Å². The Labute approximate surface area is 148 Å². The Bertz CT molecular complexity index is 725. The number of hydrogen-bond acceptors (Lipinski definition) is 4. The highest BCUT2D eigenvalue weighted by atomic mass is 32.2. The zero-order valence-corrected chi connectivity index (χ0v) is 15.0. The van der Waals surface area contributed by atoms with Gasteiger partial charge >= 0.3 is 0 Å². The lowest BCUT2D eigenvalue weighted by Gasteiger charge is -2.34. The Morgan fingerprint density at radius 3 is 2.67 bits per heavy atom. The van der Waals surface area contributed by atoms with Crippen LogP contribution in [0, 0.1) is 5.92 Å². The van der Waals surface area contributed by atoms with E-state index in [1.54, 1.807) is 18.9 Å². The van der Waals surface area contributed by atoms with E-state index in [2.05, 4.69) is 48.3 Å². The Balaban J connectivity index is 1.76. The third-order valence-corrected chi connectivity index (χ3v) is 6.19. The molecule has 1 fully saturated rings. The third kappa shape index (κ3) is 3.01. The van der Waals surface area contributed by atoms with Crippen molar-refractivity contribution in [1.82, 2.24) is 4.90 Å². The van der Waals surface area contributed by atoms with Gasteiger partial charge in [0.2, 0.25) is 0 Å². The first kappa shape index (κ1) is 15.9. The van der Waals surface area contributed by atoms with Crippen molar-refractivity contribution in [1.29, 1.82) is 0 Å². The van der Waals surface area contributed by atoms with Crippen molar-refractivity contribution in [3.05, 3.63) is 48.0 Å². The molecule has 4 heteroatoms. The largest absolute Gasteiger partial charge is 0.497 e. The van der Waals surface area contributed by atoms with E-state index in [0.29, 0.717) is 5.92 Å². The number of fused-ring (bicyclic) bond motifs is 2. The molecule has 0 aromatic heterocycles. The highest BCUT2D eigenvalue weighted by Crippen LogP contribution is 2.48. The number of methoxy groups -OCH3 is 1. The molecule has 126 valence electrons. The fourth-order valence-corrected chi connectivity index (χ4v) is 4.63. The summed E-state index contributed by atoms with van der Waals surface area (Å²) in [7, 11) is 3.93. The number of para-hydroxylation sites is 1. The topological polar surface area (TPSA) is 21.7 Å². The van der Waals surface area contributed by atoms with Crippen LogP contribution >= 0.6 is 11.8 Å². The summed E-state index contributed by atoms with van der Waals surface area (Å²) in [5.41, 5.74) is 1.27. The second-order valence-electron chi connectivity index (χ2n) is 6.63. The summed E-state index contributed by atoms with van der Waals surface area (Å²) in [5.74, 6) is 2.45. The van der Waals surface area contributed by atoms with E-state index in [9.17, 15) is 0 Å². The molecule has 0 aliphatic carbocycles. The number of likely N-dealkylation sites (tertiary alicyclic amines) is 1. The average molecular weight is 341 g/mol. The molecule has 0 saturated carbocycles. The van der Waals surface area contributed by atoms with Crippen molar-refractivity contribution < 1.29 is 9.47 Å². The van der Waals surface area contributed by atoms with Gasteiger partial charge in [0, 0.05) is 16.4 Å². The molecule has 1 saturated heterocycles. The Morgan fingerprint density at radius 2 is 1.88 bits per heavy atom. The number of nitrogens with zero attached hydrogens (tertiary/aromatic N) is 1. The first-order valence-corrected chi connectivity index (χ1v) is 9.36. The molecular formula is C20H23NO2S. The smallest absolute Gasteiger partial charge is 0.134 e. The average Bonchev–Trinajstić information content (AvgIpc) is 2.78. The molecule has 0 amide bonds. The predicted octanol–water partition coefficient (Wildman–Crippen LogP) is 4.62. The number of hydrogen-bond donors (Lipinski definition) is 0. The predicted molar refractivity (Wildman–Crippen MR) is 97.1 cm³/mol. The van der Waals surface area contributed by atoms with Crippen LogP contribution in [0.2, 0.25) is 0 Å². The molecule has 3 nitrogen and oxygen atoms in total. The van der Waals surface area contributed by atoms with Gasteiger partial charge in [0.05, 0.1) is 12.0 Å². The van der Waals surface area contributed by atoms with E-state index in [4.69, 9.17) is 9.47 Å². The van der Waals surface area contributed by atoms with Gasteiger partial charge in [-0.15, -0.1) is 0 Å². The molecule has 0 bridgehead atoms. The summed E-state index contributed by atoms with van der Waals surface area (Å²) in [6.07, 6.45) is 2.44. The molecule has 2 heterocycles. The number of benzene rings is 2. The molecular weight excluding hydrogens is 318 g/mol. The Morgan fingerprint density at radius 1 is 1.08 bits per heavy atom. The van der Waals surface area contributed by atoms with E-state index in [1.807, 2.05) is 6.07 Å². The molecule has 1 unspecified atom stereocenters. The number of ether oxygens (including phenoxy) is 2. The van der Waals surface area contributed by atoms with Crippen LogP contribution < -0.4 is 9.47 Å². The van der Waals surface area contributed by atoms with Gasteiger partial charge < -0.3 is 14.4 Å². The first-order valence-electron chi connectivity index (χ1n) is 8.54. The lowest BCUT2D eigenvalue weighted by atomic mass is 9.87. The Hall–Kier alpha value is -1.65. The van der Waals surface area contributed by atoms with Crippen LogP contribution in [0.1, 0.15) is 24.5 Å². The monoisotopic (exact) mass is 341 g/mol. The van der Waals surface area contributed by atoms with Crippen molar-refractivity contribution in [2.75, 3.05) is 27.2 Å². The third-order valence-electron chi connectivity index (χ3n) is 5.04. The molecule has 2 aliphatic rings. The number of rotatable bonds is 2. The molecule has 24 heavy (non-hydrogen) atoms. The molecule has 2 aromatic carbocycles. The van der Waals surface area contributed by atoms with Gasteiger partial charge in [-0.3, -0.25) is 0 Å². The van der Waals surface area contributed by atoms with Crippen molar-refractivity contribution >= 4 is 11.8 Å². The first-order chi connectivity index (χ1) is 11.7. The summed E-state index contributed by atoms with van der Waals surface area (Å²) in [5, 5.41) is 0. The van der Waals surface area contributed by atoms with E-state index >= 15 is 0 Å². The zero-order valence-electron chi connectivity index (χ0n) is 14.2. The lowest BCUT2D eigenvalue weighted by molar-refractivity contribution is 0.0817. The van der Waals surface area contributed by atoms with Crippen LogP contribution in [-0.4, -0.2) is 32.1 Å². The molecule has 2 aliphatic heterocycles. The van der Waals surface area contributed by atoms with Crippen molar-refractivity contribution in [2.45, 2.75) is 28.7 Å². The minimum absolute atomic E-state index is 0.0972. The summed E-state index contributed by atoms with van der Waals surface area (Å²) in [6.45, 7) is 2.28. The van der Waals surface area contributed by atoms with Crippen LogP contribution in [0.5, 0.6) is 11.5 Å². The standard InChI is InChI=1S/C20H23NO2S/c1-21-11-9-14(10-12-21)20-16-13-15(22-2)7-8-18(16)24-19-6-4-3-5-17(19)23-20/h3-8,13-14,20H,9-12H2,1-2H3. The summed E-state index contributed by atoms with van der Waals surface area (Å²) in [6, 6.07) is 14.8. The highest BCUT2D eigenvalue weighted by molar-refractivity contribution is 7.99. The van der Waals surface area contributed by atoms with Crippen molar-refractivity contribution in [2.24, 2.45) is 5.92 Å². The van der Waals surface area contributed by atoms with Crippen molar-refractivity contribution in [3.8, 4) is 11.5 Å². The normalized spacial score (nSPS) is 21.3. The van der Waals surface area contributed by atoms with Gasteiger partial charge in [-0.1, -0.05) is 23.9 Å². The lowest BCUT2D eigenvalue weighted by Crippen LogP contribution is -2.34. The zero-order chi connectivity index (χ0) is 16.5. The molecule has 4 rings (SSSR count). The minimum atomic E-state index is 0.0972. The summed E-state index contributed by atoms with van der Waals surface area (Å²) in [4.78, 5) is 4.88. The van der Waals surface area contributed by atoms with Crippen LogP contribution in [0.25, 0.3) is 0 Å². The van der Waals surface area contributed by atoms with Gasteiger partial charge in [0.15, 0.2) is 0 Å². The quantitative estimate of drug-likeness (QED) is 0.794. The maximum Gasteiger partial charge on any atom is 0.134 e. The van der Waals surface area contributed by atoms with Crippen LogP contribution in [-0.2, 0) is 0 Å². The molecule has 0 N–H and O–H groups in total. The summed E-state index contributed by atoms with van der Waals surface area (Å²) < 4.78 is 12.0. The maximum absolute atomic E-state index is 6.56. The Kier molecular flexibility index (Phi) is 4.42. The molecule has 0 radical (unpaired) electrons. The second kappa shape index (κ2) is 6.69. The molecule has 2 aromatic rings. The van der Waals surface area contributed by atoms with E-state index < -0.39 is 0 Å². The fraction of sp³-hybridized carbons (Fsp3) is 0.400. The van der Waals surface area contributed by atoms with Gasteiger partial charge in [0.1, 0.15) is 17.6 Å². The van der Waals surface area contributed by atoms with Crippen LogP contribution in [0.15, 0.2) is 52.3 Å². The molecule has 0 spiro atoms. The molecule has 1 atom stereocenters. The van der Waals surface area contributed by atoms with Gasteiger partial charge in [0.25, 0.3) is 0 Å². The highest BCUT2D eigenvalue weighted by Gasteiger charge is 2.33. The van der Waals surface area contributed by atoms with E-state index in [1.165, 1.54) is 28.2 Å². The van der Waals surface area contributed by atoms with Gasteiger partial charge in [-0.05, 0) is 63.3 Å². The van der Waals surface area contributed by atoms with Crippen LogP contribution in [0.3, 0.4) is 0 Å². The van der Waals surface area contributed by atoms with E-state index in [-0.39, 0.29) is 6.10 Å². The van der Waals surface area contributed by atoms with Gasteiger partial charge in [-0.25, -0.2) is 0 Å². The fourth-order valence-electron chi connectivity index (χ4n) is 3.60. The number of piperidine rings is 1. The van der Waals surface area contributed by atoms with E-state index in [0.717, 1.165) is 24.6 Å². The second-order valence-corrected chi connectivity index (χ2v) is 7.72. The maximum atomic E-state index is 6.56. The van der Waals surface area contributed by atoms with Crippen molar-refractivity contribution in [3.63, 3.8) is 0 Å². The van der Waals surface area contributed by atoms with Crippen LogP contribution in [0.4, 0.5) is 0 Å². The summed E-state index contributed by atoms with van der Waals surface area (Å²) >= 11 is 1.80. The SMILES string of the molecule is COc1ccc2c(c1)C(C1CCN(C)CC1)Oc1ccccc1S2. The minimum Gasteiger partial charge on any atom is -0.497 e.